The van der Waals surface area contributed by atoms with Gasteiger partial charge in [-0.3, -0.25) is 9.69 Å². The number of likely N-dealkylation sites (tertiary alicyclic amines) is 1. The molecule has 0 unspecified atom stereocenters. The van der Waals surface area contributed by atoms with Crippen molar-refractivity contribution in [3.8, 4) is 11.5 Å². The Morgan fingerprint density at radius 3 is 2.65 bits per heavy atom. The molecule has 5 heteroatoms. The van der Waals surface area contributed by atoms with Crippen molar-refractivity contribution in [2.75, 3.05) is 27.3 Å². The zero-order valence-corrected chi connectivity index (χ0v) is 14.8. The number of hydrogen-bond acceptors (Lipinski definition) is 4. The summed E-state index contributed by atoms with van der Waals surface area (Å²) in [6, 6.07) is 6.11. The quantitative estimate of drug-likeness (QED) is 0.906. The molecule has 0 radical (unpaired) electrons. The third-order valence-corrected chi connectivity index (χ3v) is 4.02. The lowest BCUT2D eigenvalue weighted by atomic mass is 10.0. The van der Waals surface area contributed by atoms with E-state index in [-0.39, 0.29) is 17.5 Å². The molecule has 0 aromatic heterocycles. The number of benzene rings is 1. The average molecular weight is 320 g/mol. The minimum atomic E-state index is -0.204. The van der Waals surface area contributed by atoms with Gasteiger partial charge in [-0.15, -0.1) is 0 Å². The van der Waals surface area contributed by atoms with Crippen LogP contribution in [0.3, 0.4) is 0 Å². The molecule has 128 valence electrons. The molecule has 1 atom stereocenters. The second-order valence-electron chi connectivity index (χ2n) is 7.03. The van der Waals surface area contributed by atoms with Gasteiger partial charge in [0, 0.05) is 23.2 Å². The molecule has 1 aromatic rings. The standard InChI is InChI=1S/C18H28N2O3/c1-18(2,3)19-17(21)12-20-10-6-7-15(20)14-9-8-13(22-4)11-16(14)23-5/h8-9,11,15H,6-7,10,12H2,1-5H3,(H,19,21)/t15-/m1/s1. The number of rotatable bonds is 5. The highest BCUT2D eigenvalue weighted by molar-refractivity contribution is 5.78. The fraction of sp³-hybridized carbons (Fsp3) is 0.611. The first-order valence-corrected chi connectivity index (χ1v) is 8.11. The Labute approximate surface area is 139 Å². The van der Waals surface area contributed by atoms with E-state index in [2.05, 4.69) is 10.2 Å². The molecule has 1 heterocycles. The summed E-state index contributed by atoms with van der Waals surface area (Å²) >= 11 is 0. The second-order valence-corrected chi connectivity index (χ2v) is 7.03. The van der Waals surface area contributed by atoms with Crippen LogP contribution in [0.4, 0.5) is 0 Å². The van der Waals surface area contributed by atoms with Crippen molar-refractivity contribution in [2.45, 2.75) is 45.2 Å². The van der Waals surface area contributed by atoms with Crippen molar-refractivity contribution in [3.05, 3.63) is 23.8 Å². The molecule has 1 N–H and O–H groups in total. The third-order valence-electron chi connectivity index (χ3n) is 4.02. The van der Waals surface area contributed by atoms with E-state index in [1.54, 1.807) is 14.2 Å². The van der Waals surface area contributed by atoms with Gasteiger partial charge in [0.15, 0.2) is 0 Å². The third kappa shape index (κ3) is 4.61. The minimum absolute atomic E-state index is 0.0666. The Kier molecular flexibility index (Phi) is 5.52. The number of carbonyl (C=O) groups excluding carboxylic acids is 1. The van der Waals surface area contributed by atoms with Crippen LogP contribution in [0.25, 0.3) is 0 Å². The highest BCUT2D eigenvalue weighted by Gasteiger charge is 2.30. The molecule has 0 aliphatic carbocycles. The summed E-state index contributed by atoms with van der Waals surface area (Å²) in [5.74, 6) is 1.66. The van der Waals surface area contributed by atoms with Crippen LogP contribution in [0, 0.1) is 0 Å². The first-order chi connectivity index (χ1) is 10.8. The van der Waals surface area contributed by atoms with Crippen molar-refractivity contribution < 1.29 is 14.3 Å². The van der Waals surface area contributed by atoms with Gasteiger partial charge in [-0.25, -0.2) is 0 Å². The molecule has 1 aliphatic rings. The Bertz CT molecular complexity index is 552. The fourth-order valence-electron chi connectivity index (χ4n) is 3.10. The number of nitrogens with zero attached hydrogens (tertiary/aromatic N) is 1. The Balaban J connectivity index is 2.14. The Morgan fingerprint density at radius 1 is 1.30 bits per heavy atom. The number of methoxy groups -OCH3 is 2. The zero-order chi connectivity index (χ0) is 17.0. The monoisotopic (exact) mass is 320 g/mol. The maximum Gasteiger partial charge on any atom is 0.234 e. The van der Waals surface area contributed by atoms with Crippen molar-refractivity contribution in [1.29, 1.82) is 0 Å². The smallest absolute Gasteiger partial charge is 0.234 e. The SMILES string of the molecule is COc1ccc([C@H]2CCCN2CC(=O)NC(C)(C)C)c(OC)c1. The van der Waals surface area contributed by atoms with E-state index >= 15 is 0 Å². The van der Waals surface area contributed by atoms with Gasteiger partial charge >= 0.3 is 0 Å². The maximum absolute atomic E-state index is 12.2. The highest BCUT2D eigenvalue weighted by Crippen LogP contribution is 2.38. The van der Waals surface area contributed by atoms with E-state index < -0.39 is 0 Å². The van der Waals surface area contributed by atoms with Crippen LogP contribution in [-0.2, 0) is 4.79 Å². The summed E-state index contributed by atoms with van der Waals surface area (Å²) in [6.45, 7) is 7.34. The van der Waals surface area contributed by atoms with E-state index in [9.17, 15) is 4.79 Å². The molecule has 5 nitrogen and oxygen atoms in total. The van der Waals surface area contributed by atoms with Gasteiger partial charge in [0.05, 0.1) is 20.8 Å². The average Bonchev–Trinajstić information content (AvgIpc) is 2.92. The van der Waals surface area contributed by atoms with Gasteiger partial charge in [0.1, 0.15) is 11.5 Å². The van der Waals surface area contributed by atoms with E-state index in [4.69, 9.17) is 9.47 Å². The van der Waals surface area contributed by atoms with Crippen LogP contribution >= 0.6 is 0 Å². The van der Waals surface area contributed by atoms with Crippen molar-refractivity contribution >= 4 is 5.91 Å². The van der Waals surface area contributed by atoms with Gasteiger partial charge in [-0.05, 0) is 46.2 Å². The molecule has 0 bridgehead atoms. The predicted octanol–water partition coefficient (Wildman–Crippen LogP) is 2.76. The van der Waals surface area contributed by atoms with Gasteiger partial charge in [0.2, 0.25) is 5.91 Å². The Hall–Kier alpha value is -1.75. The molecular weight excluding hydrogens is 292 g/mol. The minimum Gasteiger partial charge on any atom is -0.497 e. The van der Waals surface area contributed by atoms with Crippen LogP contribution in [0.2, 0.25) is 0 Å². The molecule has 2 rings (SSSR count). The highest BCUT2D eigenvalue weighted by atomic mass is 16.5. The summed E-state index contributed by atoms with van der Waals surface area (Å²) in [5, 5.41) is 3.03. The first kappa shape index (κ1) is 17.6. The van der Waals surface area contributed by atoms with E-state index in [0.717, 1.165) is 36.4 Å². The normalized spacial score (nSPS) is 18.7. The van der Waals surface area contributed by atoms with Crippen LogP contribution in [0.5, 0.6) is 11.5 Å². The molecule has 1 fully saturated rings. The van der Waals surface area contributed by atoms with Crippen LogP contribution in [0.1, 0.15) is 45.2 Å². The van der Waals surface area contributed by atoms with E-state index in [0.29, 0.717) is 6.54 Å². The maximum atomic E-state index is 12.2. The van der Waals surface area contributed by atoms with Gasteiger partial charge in [-0.1, -0.05) is 6.07 Å². The lowest BCUT2D eigenvalue weighted by Gasteiger charge is -2.28. The van der Waals surface area contributed by atoms with Crippen LogP contribution in [-0.4, -0.2) is 43.7 Å². The number of amides is 1. The summed E-state index contributed by atoms with van der Waals surface area (Å²) < 4.78 is 10.8. The molecular formula is C18H28N2O3. The largest absolute Gasteiger partial charge is 0.497 e. The number of ether oxygens (including phenoxy) is 2. The van der Waals surface area contributed by atoms with Crippen molar-refractivity contribution in [3.63, 3.8) is 0 Å². The molecule has 23 heavy (non-hydrogen) atoms. The van der Waals surface area contributed by atoms with Gasteiger partial charge < -0.3 is 14.8 Å². The summed E-state index contributed by atoms with van der Waals surface area (Å²) in [5.41, 5.74) is 0.916. The second kappa shape index (κ2) is 7.21. The lowest BCUT2D eigenvalue weighted by Crippen LogP contribution is -2.45. The topological polar surface area (TPSA) is 50.8 Å². The molecule has 1 amide bonds. The number of nitrogens with one attached hydrogen (secondary N) is 1. The summed E-state index contributed by atoms with van der Waals surface area (Å²) in [4.78, 5) is 14.5. The Morgan fingerprint density at radius 2 is 2.04 bits per heavy atom. The lowest BCUT2D eigenvalue weighted by molar-refractivity contribution is -0.123. The number of carbonyl (C=O) groups is 1. The van der Waals surface area contributed by atoms with Crippen molar-refractivity contribution in [1.82, 2.24) is 10.2 Å². The van der Waals surface area contributed by atoms with Crippen LogP contribution in [0.15, 0.2) is 18.2 Å². The van der Waals surface area contributed by atoms with E-state index in [1.807, 2.05) is 39.0 Å². The van der Waals surface area contributed by atoms with E-state index in [1.165, 1.54) is 0 Å². The summed E-state index contributed by atoms with van der Waals surface area (Å²) in [6.07, 6.45) is 2.12. The van der Waals surface area contributed by atoms with Gasteiger partial charge in [0.25, 0.3) is 0 Å². The molecule has 1 aliphatic heterocycles. The molecule has 0 spiro atoms. The molecule has 1 saturated heterocycles. The first-order valence-electron chi connectivity index (χ1n) is 8.11. The number of hydrogen-bond donors (Lipinski definition) is 1. The van der Waals surface area contributed by atoms with Crippen LogP contribution < -0.4 is 14.8 Å². The van der Waals surface area contributed by atoms with Gasteiger partial charge in [-0.2, -0.15) is 0 Å². The molecule has 1 aromatic carbocycles. The summed E-state index contributed by atoms with van der Waals surface area (Å²) in [7, 11) is 3.32. The predicted molar refractivity (Wildman–Crippen MR) is 91.0 cm³/mol. The fourth-order valence-corrected chi connectivity index (χ4v) is 3.10. The zero-order valence-electron chi connectivity index (χ0n) is 14.8. The van der Waals surface area contributed by atoms with Crippen molar-refractivity contribution in [2.24, 2.45) is 0 Å². The molecule has 0 saturated carbocycles.